The van der Waals surface area contributed by atoms with Gasteiger partial charge in [0.15, 0.2) is 5.82 Å². The van der Waals surface area contributed by atoms with E-state index in [1.54, 1.807) is 0 Å². The van der Waals surface area contributed by atoms with Gasteiger partial charge in [0.25, 0.3) is 0 Å². The molecule has 0 saturated carbocycles. The van der Waals surface area contributed by atoms with Crippen LogP contribution in [0.4, 0.5) is 16.4 Å². The van der Waals surface area contributed by atoms with Crippen molar-refractivity contribution in [2.45, 2.75) is 46.5 Å². The lowest BCUT2D eigenvalue weighted by atomic mass is 9.92. The lowest BCUT2D eigenvalue weighted by molar-refractivity contribution is 0.170. The predicted molar refractivity (Wildman–Crippen MR) is 105 cm³/mol. The van der Waals surface area contributed by atoms with Crippen LogP contribution in [0.15, 0.2) is 12.1 Å². The zero-order valence-corrected chi connectivity index (χ0v) is 16.4. The van der Waals surface area contributed by atoms with Gasteiger partial charge < -0.3 is 15.5 Å². The molecular weight excluding hydrogens is 342 g/mol. The molecule has 8 nitrogen and oxygen atoms in total. The second-order valence-electron chi connectivity index (χ2n) is 7.22. The lowest BCUT2D eigenvalue weighted by Gasteiger charge is -2.32. The van der Waals surface area contributed by atoms with Crippen LogP contribution in [-0.2, 0) is 6.42 Å². The maximum Gasteiger partial charge on any atom is 0.317 e. The number of piperidine rings is 1. The monoisotopic (exact) mass is 371 g/mol. The van der Waals surface area contributed by atoms with Crippen molar-refractivity contribution in [3.8, 4) is 0 Å². The van der Waals surface area contributed by atoms with Crippen molar-refractivity contribution in [1.82, 2.24) is 30.4 Å². The zero-order chi connectivity index (χ0) is 19.2. The van der Waals surface area contributed by atoms with Crippen molar-refractivity contribution in [2.75, 3.05) is 25.0 Å². The number of hydrogen-bond acceptors (Lipinski definition) is 5. The highest BCUT2D eigenvalue weighted by Crippen LogP contribution is 2.23. The van der Waals surface area contributed by atoms with Gasteiger partial charge >= 0.3 is 6.03 Å². The van der Waals surface area contributed by atoms with E-state index in [1.165, 1.54) is 0 Å². The van der Waals surface area contributed by atoms with Crippen LogP contribution < -0.4 is 10.6 Å². The smallest absolute Gasteiger partial charge is 0.317 e. The van der Waals surface area contributed by atoms with Gasteiger partial charge in [0.05, 0.1) is 0 Å². The number of hydrogen-bond donors (Lipinski definition) is 3. The predicted octanol–water partition coefficient (Wildman–Crippen LogP) is 2.93. The fraction of sp³-hybridized carbons (Fsp3) is 0.579. The molecule has 2 amide bonds. The molecule has 3 N–H and O–H groups in total. The second-order valence-corrected chi connectivity index (χ2v) is 7.22. The molecular formula is C19H29N7O. The molecule has 0 aliphatic carbocycles. The Morgan fingerprint density at radius 1 is 1.22 bits per heavy atom. The van der Waals surface area contributed by atoms with Crippen molar-refractivity contribution in [3.63, 3.8) is 0 Å². The normalized spacial score (nSPS) is 15.0. The van der Waals surface area contributed by atoms with Crippen molar-refractivity contribution < 1.29 is 4.79 Å². The number of carbonyl (C=O) groups is 1. The average molecular weight is 371 g/mol. The van der Waals surface area contributed by atoms with Crippen LogP contribution in [0.25, 0.3) is 0 Å². The molecule has 0 radical (unpaired) electrons. The largest absolute Gasteiger partial charge is 0.338 e. The summed E-state index contributed by atoms with van der Waals surface area (Å²) in [5.41, 5.74) is 2.03. The molecule has 3 rings (SSSR count). The van der Waals surface area contributed by atoms with E-state index in [9.17, 15) is 4.79 Å². The number of H-pyrrole nitrogens is 1. The third kappa shape index (κ3) is 5.42. The summed E-state index contributed by atoms with van der Waals surface area (Å²) in [7, 11) is 0. The van der Waals surface area contributed by atoms with Gasteiger partial charge in [-0.05, 0) is 45.4 Å². The van der Waals surface area contributed by atoms with E-state index in [4.69, 9.17) is 0 Å². The number of aryl methyl sites for hydroxylation is 2. The number of aromatic amines is 1. The fourth-order valence-corrected chi connectivity index (χ4v) is 3.39. The number of aromatic nitrogens is 4. The van der Waals surface area contributed by atoms with E-state index in [0.717, 1.165) is 74.2 Å². The first-order valence-electron chi connectivity index (χ1n) is 9.70. The Balaban J connectivity index is 1.56. The SMILES string of the molecule is CCCNC(=O)N1CCC(Cc2cc(Nc3cc(C)[nH]n3)nc(C)n2)CC1. The number of urea groups is 1. The average Bonchev–Trinajstić information content (AvgIpc) is 3.04. The molecule has 3 heterocycles. The maximum atomic E-state index is 12.1. The third-order valence-corrected chi connectivity index (χ3v) is 4.78. The van der Waals surface area contributed by atoms with Crippen LogP contribution in [0.1, 0.15) is 43.4 Å². The first-order valence-corrected chi connectivity index (χ1v) is 9.70. The quantitative estimate of drug-likeness (QED) is 0.725. The lowest BCUT2D eigenvalue weighted by Crippen LogP contribution is -2.44. The van der Waals surface area contributed by atoms with Crippen LogP contribution in [0, 0.1) is 19.8 Å². The summed E-state index contributed by atoms with van der Waals surface area (Å²) in [4.78, 5) is 23.0. The molecule has 0 atom stereocenters. The zero-order valence-electron chi connectivity index (χ0n) is 16.4. The van der Waals surface area contributed by atoms with Gasteiger partial charge in [0, 0.05) is 43.2 Å². The summed E-state index contributed by atoms with van der Waals surface area (Å²) in [6, 6.07) is 4.00. The van der Waals surface area contributed by atoms with Crippen molar-refractivity contribution >= 4 is 17.7 Å². The first kappa shape index (κ1) is 19.1. The molecule has 2 aromatic heterocycles. The molecule has 1 aliphatic rings. The highest BCUT2D eigenvalue weighted by Gasteiger charge is 2.23. The molecule has 1 aliphatic heterocycles. The van der Waals surface area contributed by atoms with E-state index in [0.29, 0.717) is 5.92 Å². The number of likely N-dealkylation sites (tertiary alicyclic amines) is 1. The van der Waals surface area contributed by atoms with Crippen LogP contribution in [0.2, 0.25) is 0 Å². The van der Waals surface area contributed by atoms with Gasteiger partial charge in [-0.2, -0.15) is 5.10 Å². The first-order chi connectivity index (χ1) is 13.0. The molecule has 0 aromatic carbocycles. The number of nitrogens with one attached hydrogen (secondary N) is 3. The van der Waals surface area contributed by atoms with Gasteiger partial charge in [-0.1, -0.05) is 6.92 Å². The van der Waals surface area contributed by atoms with Crippen molar-refractivity contribution in [2.24, 2.45) is 5.92 Å². The molecule has 27 heavy (non-hydrogen) atoms. The van der Waals surface area contributed by atoms with E-state index in [2.05, 4.69) is 37.7 Å². The Labute approximate surface area is 160 Å². The minimum absolute atomic E-state index is 0.0639. The van der Waals surface area contributed by atoms with Gasteiger partial charge in [0.2, 0.25) is 0 Å². The molecule has 1 saturated heterocycles. The van der Waals surface area contributed by atoms with Crippen molar-refractivity contribution in [1.29, 1.82) is 0 Å². The number of amides is 2. The van der Waals surface area contributed by atoms with E-state index >= 15 is 0 Å². The standard InChI is InChI=1S/C19H29N7O/c1-4-7-20-19(27)26-8-5-15(6-9-26)11-16-12-17(22-14(3)21-16)23-18-10-13(2)24-25-18/h10,12,15H,4-9,11H2,1-3H3,(H,20,27)(H2,21,22,23,24,25). The highest BCUT2D eigenvalue weighted by atomic mass is 16.2. The number of nitrogens with zero attached hydrogens (tertiary/aromatic N) is 4. The summed E-state index contributed by atoms with van der Waals surface area (Å²) in [6.07, 6.45) is 3.87. The summed E-state index contributed by atoms with van der Waals surface area (Å²) in [6.45, 7) is 8.29. The van der Waals surface area contributed by atoms with E-state index < -0.39 is 0 Å². The number of carbonyl (C=O) groups excluding carboxylic acids is 1. The van der Waals surface area contributed by atoms with Gasteiger partial charge in [-0.25, -0.2) is 14.8 Å². The maximum absolute atomic E-state index is 12.1. The Morgan fingerprint density at radius 3 is 2.67 bits per heavy atom. The molecule has 0 spiro atoms. The molecule has 146 valence electrons. The minimum atomic E-state index is 0.0639. The second kappa shape index (κ2) is 8.83. The number of anilines is 2. The Hall–Kier alpha value is -2.64. The van der Waals surface area contributed by atoms with Crippen molar-refractivity contribution in [3.05, 3.63) is 29.3 Å². The van der Waals surface area contributed by atoms with Crippen LogP contribution in [0.5, 0.6) is 0 Å². The van der Waals surface area contributed by atoms with Gasteiger partial charge in [0.1, 0.15) is 11.6 Å². The number of rotatable bonds is 6. The van der Waals surface area contributed by atoms with Crippen LogP contribution >= 0.6 is 0 Å². The molecule has 0 bridgehead atoms. The third-order valence-electron chi connectivity index (χ3n) is 4.78. The fourth-order valence-electron chi connectivity index (χ4n) is 3.39. The van der Waals surface area contributed by atoms with Gasteiger partial charge in [-0.15, -0.1) is 0 Å². The summed E-state index contributed by atoms with van der Waals surface area (Å²) in [5.74, 6) is 2.80. The molecule has 2 aromatic rings. The summed E-state index contributed by atoms with van der Waals surface area (Å²) < 4.78 is 0. The molecule has 8 heteroatoms. The topological polar surface area (TPSA) is 98.8 Å². The van der Waals surface area contributed by atoms with Crippen LogP contribution in [0.3, 0.4) is 0 Å². The summed E-state index contributed by atoms with van der Waals surface area (Å²) in [5, 5.41) is 13.3. The van der Waals surface area contributed by atoms with E-state index in [1.807, 2.05) is 30.9 Å². The molecule has 1 fully saturated rings. The van der Waals surface area contributed by atoms with Crippen LogP contribution in [-0.4, -0.2) is 50.7 Å². The Morgan fingerprint density at radius 2 is 2.00 bits per heavy atom. The van der Waals surface area contributed by atoms with Gasteiger partial charge in [-0.3, -0.25) is 5.10 Å². The minimum Gasteiger partial charge on any atom is -0.338 e. The Bertz CT molecular complexity index is 765. The Kier molecular flexibility index (Phi) is 6.26. The summed E-state index contributed by atoms with van der Waals surface area (Å²) >= 11 is 0. The highest BCUT2D eigenvalue weighted by molar-refractivity contribution is 5.74. The molecule has 0 unspecified atom stereocenters. The van der Waals surface area contributed by atoms with E-state index in [-0.39, 0.29) is 6.03 Å².